The van der Waals surface area contributed by atoms with Gasteiger partial charge >= 0.3 is 0 Å². The molecule has 0 N–H and O–H groups in total. The van der Waals surface area contributed by atoms with Gasteiger partial charge in [0.25, 0.3) is 10.0 Å². The Hall–Kier alpha value is -1.01. The van der Waals surface area contributed by atoms with Crippen LogP contribution in [0.15, 0.2) is 23.4 Å². The van der Waals surface area contributed by atoms with Crippen LogP contribution in [0.3, 0.4) is 0 Å². The molecular weight excluding hydrogens is 255 g/mol. The smallest absolute Gasteiger partial charge is 0.241 e. The Morgan fingerprint density at radius 1 is 1.44 bits per heavy atom. The van der Waals surface area contributed by atoms with Crippen molar-refractivity contribution in [2.75, 3.05) is 6.54 Å². The molecule has 6 heteroatoms. The number of pyridine rings is 1. The van der Waals surface area contributed by atoms with Crippen LogP contribution in [0.4, 0.5) is 4.39 Å². The lowest BCUT2D eigenvalue weighted by Crippen LogP contribution is -2.46. The predicted octanol–water partition coefficient (Wildman–Crippen LogP) is 2.03. The summed E-state index contributed by atoms with van der Waals surface area (Å²) in [7, 11) is -3.83. The highest BCUT2D eigenvalue weighted by atomic mass is 32.2. The van der Waals surface area contributed by atoms with Crippen molar-refractivity contribution in [1.29, 1.82) is 0 Å². The Labute approximate surface area is 107 Å². The van der Waals surface area contributed by atoms with Crippen LogP contribution in [0.2, 0.25) is 0 Å². The summed E-state index contributed by atoms with van der Waals surface area (Å²) in [5.41, 5.74) is 0. The van der Waals surface area contributed by atoms with Gasteiger partial charge in [-0.2, -0.15) is 4.31 Å². The van der Waals surface area contributed by atoms with E-state index in [0.717, 1.165) is 18.9 Å². The van der Waals surface area contributed by atoms with Gasteiger partial charge in [0.2, 0.25) is 5.03 Å². The van der Waals surface area contributed by atoms with E-state index in [2.05, 4.69) is 4.98 Å². The number of hydrogen-bond acceptors (Lipinski definition) is 3. The van der Waals surface area contributed by atoms with Crippen LogP contribution in [-0.2, 0) is 10.0 Å². The average molecular weight is 272 g/mol. The minimum absolute atomic E-state index is 0.120. The van der Waals surface area contributed by atoms with E-state index in [1.165, 1.54) is 16.6 Å². The largest absolute Gasteiger partial charge is 0.263 e. The quantitative estimate of drug-likeness (QED) is 0.827. The molecule has 1 fully saturated rings. The molecule has 0 bridgehead atoms. The van der Waals surface area contributed by atoms with Crippen LogP contribution in [0.1, 0.15) is 26.7 Å². The average Bonchev–Trinajstić information content (AvgIpc) is 2.32. The minimum atomic E-state index is -3.83. The van der Waals surface area contributed by atoms with E-state index < -0.39 is 20.9 Å². The number of aromatic nitrogens is 1. The molecule has 1 aliphatic heterocycles. The third kappa shape index (κ3) is 2.27. The standard InChI is InChI=1S/C12H17FN2O2S/c1-9-5-4-8-15(10(9)2)18(16,17)12-11(13)6-3-7-14-12/h3,6-7,9-10H,4-5,8H2,1-2H3. The molecule has 2 heterocycles. The van der Waals surface area contributed by atoms with Crippen LogP contribution in [0.25, 0.3) is 0 Å². The summed E-state index contributed by atoms with van der Waals surface area (Å²) in [6.07, 6.45) is 3.10. The molecule has 100 valence electrons. The fourth-order valence-corrected chi connectivity index (χ4v) is 4.05. The van der Waals surface area contributed by atoms with Crippen molar-refractivity contribution < 1.29 is 12.8 Å². The maximum Gasteiger partial charge on any atom is 0.263 e. The molecule has 18 heavy (non-hydrogen) atoms. The number of rotatable bonds is 2. The van der Waals surface area contributed by atoms with Crippen LogP contribution < -0.4 is 0 Å². The van der Waals surface area contributed by atoms with E-state index in [1.807, 2.05) is 13.8 Å². The summed E-state index contributed by atoms with van der Waals surface area (Å²) in [6.45, 7) is 4.31. The zero-order valence-corrected chi connectivity index (χ0v) is 11.3. The fourth-order valence-electron chi connectivity index (χ4n) is 2.31. The third-order valence-corrected chi connectivity index (χ3v) is 5.52. The molecule has 0 radical (unpaired) electrons. The molecule has 1 aromatic heterocycles. The number of piperidine rings is 1. The highest BCUT2D eigenvalue weighted by molar-refractivity contribution is 7.89. The van der Waals surface area contributed by atoms with Gasteiger partial charge < -0.3 is 0 Å². The lowest BCUT2D eigenvalue weighted by atomic mass is 9.94. The highest BCUT2D eigenvalue weighted by Crippen LogP contribution is 2.28. The summed E-state index contributed by atoms with van der Waals surface area (Å²) >= 11 is 0. The maximum absolute atomic E-state index is 13.6. The molecule has 0 aliphatic carbocycles. The fraction of sp³-hybridized carbons (Fsp3) is 0.583. The second kappa shape index (κ2) is 4.93. The zero-order valence-electron chi connectivity index (χ0n) is 10.5. The molecular formula is C12H17FN2O2S. The minimum Gasteiger partial charge on any atom is -0.241 e. The summed E-state index contributed by atoms with van der Waals surface area (Å²) in [4.78, 5) is 3.68. The molecule has 2 rings (SSSR count). The Morgan fingerprint density at radius 3 is 2.83 bits per heavy atom. The molecule has 1 saturated heterocycles. The summed E-state index contributed by atoms with van der Waals surface area (Å²) in [5.74, 6) is -0.511. The molecule has 1 aliphatic rings. The van der Waals surface area contributed by atoms with Crippen molar-refractivity contribution in [3.05, 3.63) is 24.1 Å². The normalized spacial score (nSPS) is 26.2. The Bertz CT molecular complexity index is 533. The highest BCUT2D eigenvalue weighted by Gasteiger charge is 2.36. The Kier molecular flexibility index (Phi) is 3.68. The van der Waals surface area contributed by atoms with Gasteiger partial charge in [0.05, 0.1) is 0 Å². The number of nitrogens with zero attached hydrogens (tertiary/aromatic N) is 2. The molecule has 0 aromatic carbocycles. The van der Waals surface area contributed by atoms with E-state index in [1.54, 1.807) is 0 Å². The van der Waals surface area contributed by atoms with Gasteiger partial charge in [-0.3, -0.25) is 0 Å². The number of hydrogen-bond donors (Lipinski definition) is 0. The van der Waals surface area contributed by atoms with E-state index in [4.69, 9.17) is 0 Å². The van der Waals surface area contributed by atoms with Crippen LogP contribution >= 0.6 is 0 Å². The van der Waals surface area contributed by atoms with Crippen molar-refractivity contribution in [3.63, 3.8) is 0 Å². The number of halogens is 1. The molecule has 1 aromatic rings. The molecule has 2 unspecified atom stereocenters. The Balaban J connectivity index is 2.40. The van der Waals surface area contributed by atoms with Gasteiger partial charge in [-0.1, -0.05) is 6.92 Å². The summed E-state index contributed by atoms with van der Waals surface area (Å²) in [6, 6.07) is 2.39. The van der Waals surface area contributed by atoms with Gasteiger partial charge in [0.1, 0.15) is 0 Å². The van der Waals surface area contributed by atoms with Crippen LogP contribution in [-0.4, -0.2) is 30.3 Å². The van der Waals surface area contributed by atoms with Gasteiger partial charge in [-0.25, -0.2) is 17.8 Å². The van der Waals surface area contributed by atoms with Gasteiger partial charge in [-0.15, -0.1) is 0 Å². The zero-order chi connectivity index (χ0) is 13.3. The van der Waals surface area contributed by atoms with Crippen LogP contribution in [0, 0.1) is 11.7 Å². The van der Waals surface area contributed by atoms with Crippen LogP contribution in [0.5, 0.6) is 0 Å². The summed E-state index contributed by atoms with van der Waals surface area (Å²) in [5, 5.41) is -0.467. The second-order valence-electron chi connectivity index (χ2n) is 4.77. The van der Waals surface area contributed by atoms with Crippen molar-refractivity contribution >= 4 is 10.0 Å². The van der Waals surface area contributed by atoms with Crippen molar-refractivity contribution in [1.82, 2.24) is 9.29 Å². The molecule has 2 atom stereocenters. The monoisotopic (exact) mass is 272 g/mol. The number of sulfonamides is 1. The lowest BCUT2D eigenvalue weighted by Gasteiger charge is -2.36. The first-order chi connectivity index (χ1) is 8.44. The SMILES string of the molecule is CC1CCCN(S(=O)(=O)c2ncccc2F)C1C. The van der Waals surface area contributed by atoms with E-state index >= 15 is 0 Å². The molecule has 0 amide bonds. The molecule has 0 saturated carbocycles. The summed E-state index contributed by atoms with van der Waals surface area (Å²) < 4.78 is 39.7. The first kappa shape index (κ1) is 13.4. The van der Waals surface area contributed by atoms with E-state index in [0.29, 0.717) is 6.54 Å². The first-order valence-corrected chi connectivity index (χ1v) is 7.51. The van der Waals surface area contributed by atoms with Gasteiger partial charge in [0.15, 0.2) is 5.82 Å². The van der Waals surface area contributed by atoms with Crippen molar-refractivity contribution in [2.45, 2.75) is 37.8 Å². The van der Waals surface area contributed by atoms with E-state index in [9.17, 15) is 12.8 Å². The third-order valence-electron chi connectivity index (χ3n) is 3.59. The molecule has 0 spiro atoms. The topological polar surface area (TPSA) is 50.3 Å². The van der Waals surface area contributed by atoms with E-state index in [-0.39, 0.29) is 12.0 Å². The lowest BCUT2D eigenvalue weighted by molar-refractivity contribution is 0.201. The van der Waals surface area contributed by atoms with Gasteiger partial charge in [0, 0.05) is 18.8 Å². The first-order valence-electron chi connectivity index (χ1n) is 6.07. The van der Waals surface area contributed by atoms with Crippen molar-refractivity contribution in [2.24, 2.45) is 5.92 Å². The maximum atomic E-state index is 13.6. The Morgan fingerprint density at radius 2 is 2.17 bits per heavy atom. The second-order valence-corrected chi connectivity index (χ2v) is 6.57. The van der Waals surface area contributed by atoms with Gasteiger partial charge in [-0.05, 0) is 37.8 Å². The van der Waals surface area contributed by atoms with Crippen molar-refractivity contribution in [3.8, 4) is 0 Å². The molecule has 4 nitrogen and oxygen atoms in total. The predicted molar refractivity (Wildman–Crippen MR) is 65.9 cm³/mol.